The van der Waals surface area contributed by atoms with E-state index in [2.05, 4.69) is 34.8 Å². The van der Waals surface area contributed by atoms with Crippen molar-refractivity contribution in [3.8, 4) is 0 Å². The molecule has 1 aromatic rings. The van der Waals surface area contributed by atoms with Gasteiger partial charge in [0.25, 0.3) is 0 Å². The lowest BCUT2D eigenvalue weighted by Crippen LogP contribution is -2.38. The van der Waals surface area contributed by atoms with Gasteiger partial charge in [-0.3, -0.25) is 4.90 Å². The van der Waals surface area contributed by atoms with Crippen molar-refractivity contribution >= 4 is 0 Å². The molecule has 20 heavy (non-hydrogen) atoms. The zero-order valence-electron chi connectivity index (χ0n) is 13.2. The predicted molar refractivity (Wildman–Crippen MR) is 80.6 cm³/mol. The summed E-state index contributed by atoms with van der Waals surface area (Å²) in [6.07, 6.45) is 4.14. The minimum atomic E-state index is -0.421. The molecule has 1 heterocycles. The highest BCUT2D eigenvalue weighted by atomic mass is 16.5. The molecule has 4 heteroatoms. The second-order valence-electron chi connectivity index (χ2n) is 6.85. The number of rotatable bonds is 7. The topological polar surface area (TPSA) is 37.6 Å². The Kier molecular flexibility index (Phi) is 4.89. The minimum Gasteiger partial charge on any atom is -0.389 e. The standard InChI is InChI=1S/C16H28N2O2/c1-16(2,3)20-12-15(19)11-18(13-7-8-13)10-14-6-5-9-17(14)4/h5-6,9,13,15,19H,7-8,10-12H2,1-4H3/t15-/m1/s1. The normalized spacial score (nSPS) is 17.7. The summed E-state index contributed by atoms with van der Waals surface area (Å²) in [5, 5.41) is 10.2. The fourth-order valence-corrected chi connectivity index (χ4v) is 2.32. The number of aryl methyl sites for hydroxylation is 1. The maximum absolute atomic E-state index is 10.2. The fraction of sp³-hybridized carbons (Fsp3) is 0.750. The molecule has 1 saturated carbocycles. The highest BCUT2D eigenvalue weighted by Crippen LogP contribution is 2.28. The van der Waals surface area contributed by atoms with Crippen molar-refractivity contribution in [3.05, 3.63) is 24.0 Å². The first-order chi connectivity index (χ1) is 9.35. The summed E-state index contributed by atoms with van der Waals surface area (Å²) in [4.78, 5) is 2.38. The number of nitrogens with zero attached hydrogens (tertiary/aromatic N) is 2. The van der Waals surface area contributed by atoms with Gasteiger partial charge in [0, 0.05) is 38.1 Å². The molecule has 1 N–H and O–H groups in total. The van der Waals surface area contributed by atoms with E-state index in [1.807, 2.05) is 20.8 Å². The van der Waals surface area contributed by atoms with Crippen LogP contribution in [0, 0.1) is 0 Å². The molecule has 1 aliphatic carbocycles. The highest BCUT2D eigenvalue weighted by Gasteiger charge is 2.30. The van der Waals surface area contributed by atoms with Gasteiger partial charge >= 0.3 is 0 Å². The van der Waals surface area contributed by atoms with E-state index < -0.39 is 6.10 Å². The number of aliphatic hydroxyl groups excluding tert-OH is 1. The molecule has 0 spiro atoms. The first-order valence-electron chi connectivity index (χ1n) is 7.51. The zero-order valence-corrected chi connectivity index (χ0v) is 13.2. The second kappa shape index (κ2) is 6.29. The van der Waals surface area contributed by atoms with Gasteiger partial charge < -0.3 is 14.4 Å². The third-order valence-electron chi connectivity index (χ3n) is 3.63. The van der Waals surface area contributed by atoms with E-state index in [9.17, 15) is 5.11 Å². The smallest absolute Gasteiger partial charge is 0.0900 e. The van der Waals surface area contributed by atoms with Crippen LogP contribution in [0.3, 0.4) is 0 Å². The average Bonchev–Trinajstić information content (AvgIpc) is 3.11. The van der Waals surface area contributed by atoms with Crippen LogP contribution in [0.4, 0.5) is 0 Å². The van der Waals surface area contributed by atoms with Crippen molar-refractivity contribution in [3.63, 3.8) is 0 Å². The molecule has 0 aliphatic heterocycles. The van der Waals surface area contributed by atoms with E-state index >= 15 is 0 Å². The van der Waals surface area contributed by atoms with Crippen LogP contribution in [0.15, 0.2) is 18.3 Å². The van der Waals surface area contributed by atoms with Gasteiger partial charge in [-0.25, -0.2) is 0 Å². The monoisotopic (exact) mass is 280 g/mol. The van der Waals surface area contributed by atoms with Gasteiger partial charge in [0.1, 0.15) is 0 Å². The molecular formula is C16H28N2O2. The number of aliphatic hydroxyl groups is 1. The molecule has 1 aromatic heterocycles. The Morgan fingerprint density at radius 2 is 2.15 bits per heavy atom. The maximum Gasteiger partial charge on any atom is 0.0900 e. The van der Waals surface area contributed by atoms with Crippen molar-refractivity contribution in [2.45, 2.75) is 57.9 Å². The summed E-state index contributed by atoms with van der Waals surface area (Å²) in [6, 6.07) is 4.85. The van der Waals surface area contributed by atoms with Crippen LogP contribution in [-0.4, -0.2) is 45.5 Å². The summed E-state index contributed by atoms with van der Waals surface area (Å²) < 4.78 is 7.82. The Morgan fingerprint density at radius 1 is 1.45 bits per heavy atom. The van der Waals surface area contributed by atoms with E-state index in [0.717, 1.165) is 6.54 Å². The molecule has 2 rings (SSSR count). The molecule has 1 aliphatic rings. The number of aromatic nitrogens is 1. The quantitative estimate of drug-likeness (QED) is 0.832. The van der Waals surface area contributed by atoms with Crippen LogP contribution in [0.25, 0.3) is 0 Å². The van der Waals surface area contributed by atoms with Gasteiger partial charge in [0.05, 0.1) is 18.3 Å². The Balaban J connectivity index is 1.85. The summed E-state index contributed by atoms with van der Waals surface area (Å²) >= 11 is 0. The lowest BCUT2D eigenvalue weighted by atomic mass is 10.2. The number of hydrogen-bond donors (Lipinski definition) is 1. The Labute approximate surface area is 122 Å². The SMILES string of the molecule is Cn1cccc1CN(C[C@@H](O)COC(C)(C)C)C1CC1. The lowest BCUT2D eigenvalue weighted by molar-refractivity contribution is -0.0573. The van der Waals surface area contributed by atoms with Gasteiger partial charge in [-0.2, -0.15) is 0 Å². The van der Waals surface area contributed by atoms with Crippen LogP contribution < -0.4 is 0 Å². The van der Waals surface area contributed by atoms with E-state index in [1.165, 1.54) is 18.5 Å². The highest BCUT2D eigenvalue weighted by molar-refractivity contribution is 5.07. The van der Waals surface area contributed by atoms with Gasteiger partial charge in [0.15, 0.2) is 0 Å². The van der Waals surface area contributed by atoms with Crippen molar-refractivity contribution in [2.24, 2.45) is 7.05 Å². The zero-order chi connectivity index (χ0) is 14.8. The Morgan fingerprint density at radius 3 is 2.65 bits per heavy atom. The van der Waals surface area contributed by atoms with E-state index in [4.69, 9.17) is 4.74 Å². The summed E-state index contributed by atoms with van der Waals surface area (Å²) in [7, 11) is 2.07. The molecule has 0 unspecified atom stereocenters. The van der Waals surface area contributed by atoms with Crippen molar-refractivity contribution in [1.82, 2.24) is 9.47 Å². The molecule has 114 valence electrons. The molecule has 0 radical (unpaired) electrons. The van der Waals surface area contributed by atoms with Crippen LogP contribution in [0.1, 0.15) is 39.3 Å². The van der Waals surface area contributed by atoms with E-state index in [1.54, 1.807) is 0 Å². The molecule has 4 nitrogen and oxygen atoms in total. The number of ether oxygens (including phenoxy) is 1. The average molecular weight is 280 g/mol. The molecule has 0 bridgehead atoms. The minimum absolute atomic E-state index is 0.191. The largest absolute Gasteiger partial charge is 0.389 e. The Bertz CT molecular complexity index is 418. The molecule has 0 amide bonds. The van der Waals surface area contributed by atoms with Crippen LogP contribution in [0.5, 0.6) is 0 Å². The summed E-state index contributed by atoms with van der Waals surface area (Å²) in [6.45, 7) is 8.04. The van der Waals surface area contributed by atoms with Crippen molar-refractivity contribution in [1.29, 1.82) is 0 Å². The van der Waals surface area contributed by atoms with E-state index in [0.29, 0.717) is 19.2 Å². The van der Waals surface area contributed by atoms with Crippen molar-refractivity contribution < 1.29 is 9.84 Å². The first-order valence-corrected chi connectivity index (χ1v) is 7.51. The molecule has 0 aromatic carbocycles. The third kappa shape index (κ3) is 4.93. The lowest BCUT2D eigenvalue weighted by Gasteiger charge is -2.27. The molecule has 0 saturated heterocycles. The van der Waals surface area contributed by atoms with Crippen LogP contribution >= 0.6 is 0 Å². The first kappa shape index (κ1) is 15.5. The molecule has 1 fully saturated rings. The van der Waals surface area contributed by atoms with Crippen LogP contribution in [-0.2, 0) is 18.3 Å². The van der Waals surface area contributed by atoms with Gasteiger partial charge in [-0.15, -0.1) is 0 Å². The second-order valence-corrected chi connectivity index (χ2v) is 6.85. The van der Waals surface area contributed by atoms with Gasteiger partial charge in [-0.1, -0.05) is 0 Å². The van der Waals surface area contributed by atoms with Gasteiger partial charge in [0.2, 0.25) is 0 Å². The number of hydrogen-bond acceptors (Lipinski definition) is 3. The Hall–Kier alpha value is -0.840. The summed E-state index contributed by atoms with van der Waals surface area (Å²) in [5.74, 6) is 0. The third-order valence-corrected chi connectivity index (χ3v) is 3.63. The summed E-state index contributed by atoms with van der Waals surface area (Å²) in [5.41, 5.74) is 1.10. The fourth-order valence-electron chi connectivity index (χ4n) is 2.32. The van der Waals surface area contributed by atoms with Gasteiger partial charge in [-0.05, 0) is 45.7 Å². The van der Waals surface area contributed by atoms with Crippen molar-refractivity contribution in [2.75, 3.05) is 13.2 Å². The molecular weight excluding hydrogens is 252 g/mol. The molecule has 1 atom stereocenters. The maximum atomic E-state index is 10.2. The van der Waals surface area contributed by atoms with Crippen LogP contribution in [0.2, 0.25) is 0 Å². The van der Waals surface area contributed by atoms with E-state index in [-0.39, 0.29) is 5.60 Å². The predicted octanol–water partition coefficient (Wildman–Crippen LogP) is 2.17.